The van der Waals surface area contributed by atoms with Crippen molar-refractivity contribution in [3.05, 3.63) is 10.4 Å². The Hall–Kier alpha value is -2.53. The number of fused-ring (bicyclic) bond motifs is 3. The molecule has 0 spiro atoms. The lowest BCUT2D eigenvalue weighted by Gasteiger charge is -2.31. The number of anilines is 2. The summed E-state index contributed by atoms with van der Waals surface area (Å²) in [5, 5.41) is 3.20. The van der Waals surface area contributed by atoms with E-state index in [1.807, 2.05) is 9.13 Å². The average Bonchev–Trinajstić information content (AvgIpc) is 3.00. The third-order valence-corrected chi connectivity index (χ3v) is 4.85. The third-order valence-electron chi connectivity index (χ3n) is 4.85. The second kappa shape index (κ2) is 6.41. The molecule has 4 rings (SSSR count). The van der Waals surface area contributed by atoms with E-state index >= 15 is 0 Å². The SMILES string of the molecule is CC#CCn1c(N2CCC[C@@H](N)C2)nc2c1c(=O)nc1n2CCCN1. The van der Waals surface area contributed by atoms with Gasteiger partial charge in [-0.2, -0.15) is 9.97 Å². The van der Waals surface area contributed by atoms with Crippen molar-refractivity contribution in [1.29, 1.82) is 0 Å². The predicted octanol–water partition coefficient (Wildman–Crippen LogP) is 0.359. The molecule has 2 aliphatic heterocycles. The maximum absolute atomic E-state index is 12.7. The standard InChI is InChI=1S/C17H23N7O/c1-2-3-9-23-13-14(20-17(23)22-8-4-6-12(18)11-22)24-10-5-7-19-16(24)21-15(13)25/h12H,4-11,18H2,1H3,(H,19,21,25)/t12-/m1/s1. The van der Waals surface area contributed by atoms with Gasteiger partial charge >= 0.3 is 5.56 Å². The lowest BCUT2D eigenvalue weighted by Crippen LogP contribution is -2.44. The summed E-state index contributed by atoms with van der Waals surface area (Å²) < 4.78 is 3.91. The van der Waals surface area contributed by atoms with Crippen molar-refractivity contribution in [1.82, 2.24) is 19.1 Å². The molecule has 2 aliphatic rings. The zero-order chi connectivity index (χ0) is 17.4. The van der Waals surface area contributed by atoms with Crippen LogP contribution >= 0.6 is 0 Å². The number of aryl methyl sites for hydroxylation is 1. The molecule has 3 N–H and O–H groups in total. The molecule has 1 atom stereocenters. The van der Waals surface area contributed by atoms with Crippen LogP contribution in [0.3, 0.4) is 0 Å². The highest BCUT2D eigenvalue weighted by atomic mass is 16.1. The molecule has 1 fully saturated rings. The Balaban J connectivity index is 1.92. The van der Waals surface area contributed by atoms with Crippen LogP contribution in [-0.2, 0) is 13.1 Å². The molecule has 0 amide bonds. The van der Waals surface area contributed by atoms with Gasteiger partial charge in [0.2, 0.25) is 11.9 Å². The van der Waals surface area contributed by atoms with Crippen molar-refractivity contribution >= 4 is 23.1 Å². The van der Waals surface area contributed by atoms with Crippen molar-refractivity contribution in [2.45, 2.75) is 45.3 Å². The number of rotatable bonds is 2. The van der Waals surface area contributed by atoms with Crippen LogP contribution in [0.2, 0.25) is 0 Å². The van der Waals surface area contributed by atoms with Gasteiger partial charge in [0, 0.05) is 32.2 Å². The predicted molar refractivity (Wildman–Crippen MR) is 97.8 cm³/mol. The minimum absolute atomic E-state index is 0.132. The average molecular weight is 341 g/mol. The Morgan fingerprint density at radius 2 is 2.20 bits per heavy atom. The molecule has 4 heterocycles. The molecule has 2 aromatic heterocycles. The molecule has 25 heavy (non-hydrogen) atoms. The van der Waals surface area contributed by atoms with Crippen LogP contribution in [-0.4, -0.2) is 44.8 Å². The first-order chi connectivity index (χ1) is 12.2. The third kappa shape index (κ3) is 2.74. The van der Waals surface area contributed by atoms with Crippen LogP contribution in [0.25, 0.3) is 11.2 Å². The number of hydrogen-bond acceptors (Lipinski definition) is 6. The molecular weight excluding hydrogens is 318 g/mol. The number of piperidine rings is 1. The van der Waals surface area contributed by atoms with Crippen LogP contribution in [0.1, 0.15) is 26.2 Å². The fourth-order valence-corrected chi connectivity index (χ4v) is 3.66. The van der Waals surface area contributed by atoms with E-state index in [0.29, 0.717) is 23.7 Å². The Morgan fingerprint density at radius 3 is 3.00 bits per heavy atom. The van der Waals surface area contributed by atoms with E-state index in [9.17, 15) is 4.79 Å². The summed E-state index contributed by atoms with van der Waals surface area (Å²) in [6, 6.07) is 0.132. The van der Waals surface area contributed by atoms with Crippen molar-refractivity contribution in [2.75, 3.05) is 29.9 Å². The van der Waals surface area contributed by atoms with Crippen molar-refractivity contribution in [3.8, 4) is 11.8 Å². The fourth-order valence-electron chi connectivity index (χ4n) is 3.66. The first kappa shape index (κ1) is 16.0. The molecule has 0 bridgehead atoms. The second-order valence-electron chi connectivity index (χ2n) is 6.62. The first-order valence-electron chi connectivity index (χ1n) is 8.84. The summed E-state index contributed by atoms with van der Waals surface area (Å²) in [5.41, 5.74) is 7.12. The summed E-state index contributed by atoms with van der Waals surface area (Å²) >= 11 is 0. The van der Waals surface area contributed by atoms with E-state index in [0.717, 1.165) is 51.4 Å². The van der Waals surface area contributed by atoms with Gasteiger partial charge in [0.25, 0.3) is 0 Å². The van der Waals surface area contributed by atoms with E-state index in [4.69, 9.17) is 10.7 Å². The minimum Gasteiger partial charge on any atom is -0.355 e. The van der Waals surface area contributed by atoms with Gasteiger partial charge in [-0.25, -0.2) is 0 Å². The number of aromatic nitrogens is 4. The molecular formula is C17H23N7O. The maximum Gasteiger partial charge on any atom is 0.300 e. The Bertz CT molecular complexity index is 917. The topological polar surface area (TPSA) is 94.0 Å². The summed E-state index contributed by atoms with van der Waals surface area (Å²) in [5.74, 6) is 7.36. The molecule has 2 aromatic rings. The molecule has 0 saturated carbocycles. The Labute approximate surface area is 146 Å². The molecule has 1 saturated heterocycles. The van der Waals surface area contributed by atoms with Gasteiger partial charge in [-0.05, 0) is 26.2 Å². The first-order valence-corrected chi connectivity index (χ1v) is 8.84. The van der Waals surface area contributed by atoms with Crippen LogP contribution in [0.4, 0.5) is 11.9 Å². The molecule has 132 valence electrons. The number of nitrogens with one attached hydrogen (secondary N) is 1. The lowest BCUT2D eigenvalue weighted by molar-refractivity contribution is 0.496. The van der Waals surface area contributed by atoms with Crippen LogP contribution in [0.5, 0.6) is 0 Å². The molecule has 0 aliphatic carbocycles. The van der Waals surface area contributed by atoms with Gasteiger partial charge in [0.15, 0.2) is 11.2 Å². The van der Waals surface area contributed by atoms with E-state index in [1.54, 1.807) is 6.92 Å². The Kier molecular flexibility index (Phi) is 4.09. The Morgan fingerprint density at radius 1 is 1.32 bits per heavy atom. The molecule has 8 heteroatoms. The van der Waals surface area contributed by atoms with Crippen molar-refractivity contribution in [3.63, 3.8) is 0 Å². The van der Waals surface area contributed by atoms with Crippen LogP contribution in [0, 0.1) is 11.8 Å². The zero-order valence-electron chi connectivity index (χ0n) is 14.5. The van der Waals surface area contributed by atoms with Crippen LogP contribution in [0.15, 0.2) is 4.79 Å². The normalized spacial score (nSPS) is 19.9. The highest BCUT2D eigenvalue weighted by Gasteiger charge is 2.26. The van der Waals surface area contributed by atoms with Gasteiger partial charge in [-0.3, -0.25) is 13.9 Å². The molecule has 0 unspecified atom stereocenters. The summed E-state index contributed by atoms with van der Waals surface area (Å²) in [7, 11) is 0. The zero-order valence-corrected chi connectivity index (χ0v) is 14.5. The number of imidazole rings is 1. The van der Waals surface area contributed by atoms with Crippen molar-refractivity contribution < 1.29 is 0 Å². The van der Waals surface area contributed by atoms with E-state index in [-0.39, 0.29) is 11.6 Å². The van der Waals surface area contributed by atoms with E-state index in [2.05, 4.69) is 27.0 Å². The summed E-state index contributed by atoms with van der Waals surface area (Å²) in [6.07, 6.45) is 3.03. The maximum atomic E-state index is 12.7. The monoisotopic (exact) mass is 341 g/mol. The largest absolute Gasteiger partial charge is 0.355 e. The minimum atomic E-state index is -0.256. The van der Waals surface area contributed by atoms with Gasteiger partial charge < -0.3 is 16.0 Å². The number of nitrogens with zero attached hydrogens (tertiary/aromatic N) is 5. The van der Waals surface area contributed by atoms with E-state index < -0.39 is 0 Å². The highest BCUT2D eigenvalue weighted by molar-refractivity contribution is 5.76. The summed E-state index contributed by atoms with van der Waals surface area (Å²) in [6.45, 7) is 5.50. The number of nitrogens with two attached hydrogens (primary N) is 1. The van der Waals surface area contributed by atoms with E-state index in [1.165, 1.54) is 0 Å². The van der Waals surface area contributed by atoms with Gasteiger partial charge in [0.1, 0.15) is 0 Å². The lowest BCUT2D eigenvalue weighted by atomic mass is 10.1. The smallest absolute Gasteiger partial charge is 0.300 e. The van der Waals surface area contributed by atoms with Gasteiger partial charge in [-0.15, -0.1) is 5.92 Å². The molecule has 8 nitrogen and oxygen atoms in total. The molecule has 0 radical (unpaired) electrons. The fraction of sp³-hybridized carbons (Fsp3) is 0.588. The summed E-state index contributed by atoms with van der Waals surface area (Å²) in [4.78, 5) is 23.9. The van der Waals surface area contributed by atoms with Crippen molar-refractivity contribution in [2.24, 2.45) is 5.73 Å². The number of hydrogen-bond donors (Lipinski definition) is 2. The molecule has 0 aromatic carbocycles. The second-order valence-corrected chi connectivity index (χ2v) is 6.62. The van der Waals surface area contributed by atoms with Gasteiger partial charge in [-0.1, -0.05) is 5.92 Å². The van der Waals surface area contributed by atoms with Crippen LogP contribution < -0.4 is 21.5 Å². The van der Waals surface area contributed by atoms with Gasteiger partial charge in [0.05, 0.1) is 6.54 Å². The quantitative estimate of drug-likeness (QED) is 0.766. The highest BCUT2D eigenvalue weighted by Crippen LogP contribution is 2.25.